The summed E-state index contributed by atoms with van der Waals surface area (Å²) in [5, 5.41) is 3.78. The largest absolute Gasteiger partial charge is 0.462 e. The predicted octanol–water partition coefficient (Wildman–Crippen LogP) is 4.61. The first-order valence-electron chi connectivity index (χ1n) is 6.30. The number of hydrogen-bond acceptors (Lipinski definition) is 4. The Morgan fingerprint density at radius 3 is 2.76 bits per heavy atom. The molecule has 0 aliphatic heterocycles. The molecule has 21 heavy (non-hydrogen) atoms. The first-order valence-corrected chi connectivity index (χ1v) is 7.47. The molecule has 0 atom stereocenters. The van der Waals surface area contributed by atoms with Gasteiger partial charge in [0.15, 0.2) is 0 Å². The first kappa shape index (κ1) is 15.7. The van der Waals surface area contributed by atoms with E-state index in [0.717, 1.165) is 10.2 Å². The van der Waals surface area contributed by atoms with E-state index in [1.165, 1.54) is 0 Å². The summed E-state index contributed by atoms with van der Waals surface area (Å²) in [5.41, 5.74) is 8.35. The van der Waals surface area contributed by atoms with Crippen molar-refractivity contribution in [2.75, 3.05) is 17.7 Å². The normalized spacial score (nSPS) is 10.2. The SMILES string of the molecule is CCOC(=O)c1ccc(N)c(Nc2ccc(Cl)c(Br)c2)c1. The van der Waals surface area contributed by atoms with Gasteiger partial charge in [0.25, 0.3) is 0 Å². The van der Waals surface area contributed by atoms with Gasteiger partial charge in [-0.15, -0.1) is 0 Å². The number of nitrogens with one attached hydrogen (secondary N) is 1. The average molecular weight is 370 g/mol. The molecule has 0 spiro atoms. The van der Waals surface area contributed by atoms with E-state index in [4.69, 9.17) is 22.1 Å². The summed E-state index contributed by atoms with van der Waals surface area (Å²) >= 11 is 9.31. The van der Waals surface area contributed by atoms with Crippen molar-refractivity contribution >= 4 is 50.6 Å². The van der Waals surface area contributed by atoms with Crippen LogP contribution in [0.25, 0.3) is 0 Å². The van der Waals surface area contributed by atoms with Crippen molar-refractivity contribution in [2.24, 2.45) is 0 Å². The molecule has 2 aromatic carbocycles. The molecule has 0 unspecified atom stereocenters. The number of esters is 1. The Bertz CT molecular complexity index is 677. The van der Waals surface area contributed by atoms with Gasteiger partial charge in [0.1, 0.15) is 0 Å². The molecular formula is C15H14BrClN2O2. The molecule has 0 amide bonds. The summed E-state index contributed by atoms with van der Waals surface area (Å²) in [6.45, 7) is 2.09. The van der Waals surface area contributed by atoms with Crippen LogP contribution < -0.4 is 11.1 Å². The quantitative estimate of drug-likeness (QED) is 0.610. The Hall–Kier alpha value is -1.72. The van der Waals surface area contributed by atoms with Crippen molar-refractivity contribution in [3.63, 3.8) is 0 Å². The van der Waals surface area contributed by atoms with E-state index < -0.39 is 0 Å². The van der Waals surface area contributed by atoms with Crippen LogP contribution in [0.4, 0.5) is 17.1 Å². The standard InChI is InChI=1S/C15H14BrClN2O2/c1-2-21-15(20)9-3-6-13(18)14(7-9)19-10-4-5-12(17)11(16)8-10/h3-8,19H,2,18H2,1H3. The highest BCUT2D eigenvalue weighted by atomic mass is 79.9. The molecule has 2 aromatic rings. The van der Waals surface area contributed by atoms with Gasteiger partial charge in [0.05, 0.1) is 28.6 Å². The van der Waals surface area contributed by atoms with Crippen LogP contribution in [0.15, 0.2) is 40.9 Å². The molecule has 6 heteroatoms. The van der Waals surface area contributed by atoms with Crippen molar-refractivity contribution in [3.8, 4) is 0 Å². The highest BCUT2D eigenvalue weighted by Gasteiger charge is 2.10. The van der Waals surface area contributed by atoms with Crippen LogP contribution in [0.3, 0.4) is 0 Å². The Kier molecular flexibility index (Phi) is 5.09. The molecular weight excluding hydrogens is 356 g/mol. The third-order valence-electron chi connectivity index (χ3n) is 2.76. The highest BCUT2D eigenvalue weighted by molar-refractivity contribution is 9.10. The van der Waals surface area contributed by atoms with Crippen LogP contribution in [0.1, 0.15) is 17.3 Å². The van der Waals surface area contributed by atoms with Gasteiger partial charge in [-0.05, 0) is 59.3 Å². The second-order valence-corrected chi connectivity index (χ2v) is 5.54. The lowest BCUT2D eigenvalue weighted by Gasteiger charge is -2.12. The zero-order valence-corrected chi connectivity index (χ0v) is 13.7. The highest BCUT2D eigenvalue weighted by Crippen LogP contribution is 2.29. The van der Waals surface area contributed by atoms with E-state index in [2.05, 4.69) is 21.2 Å². The molecule has 2 rings (SSSR count). The number of hydrogen-bond donors (Lipinski definition) is 2. The molecule has 0 heterocycles. The van der Waals surface area contributed by atoms with Crippen LogP contribution >= 0.6 is 27.5 Å². The molecule has 0 aliphatic carbocycles. The summed E-state index contributed by atoms with van der Waals surface area (Å²) in [4.78, 5) is 11.7. The second-order valence-electron chi connectivity index (χ2n) is 4.28. The van der Waals surface area contributed by atoms with Gasteiger partial charge >= 0.3 is 5.97 Å². The van der Waals surface area contributed by atoms with Gasteiger partial charge in [-0.2, -0.15) is 0 Å². The van der Waals surface area contributed by atoms with Crippen LogP contribution in [0, 0.1) is 0 Å². The molecule has 3 N–H and O–H groups in total. The fourth-order valence-electron chi connectivity index (χ4n) is 1.74. The third-order valence-corrected chi connectivity index (χ3v) is 3.98. The lowest BCUT2D eigenvalue weighted by molar-refractivity contribution is 0.0526. The molecule has 4 nitrogen and oxygen atoms in total. The smallest absolute Gasteiger partial charge is 0.338 e. The maximum absolute atomic E-state index is 11.7. The van der Waals surface area contributed by atoms with Gasteiger partial charge in [-0.1, -0.05) is 11.6 Å². The van der Waals surface area contributed by atoms with E-state index in [-0.39, 0.29) is 5.97 Å². The maximum atomic E-state index is 11.7. The topological polar surface area (TPSA) is 64.3 Å². The van der Waals surface area contributed by atoms with Crippen molar-refractivity contribution in [1.82, 2.24) is 0 Å². The number of rotatable bonds is 4. The van der Waals surface area contributed by atoms with Gasteiger partial charge in [0, 0.05) is 10.2 Å². The number of ether oxygens (including phenoxy) is 1. The maximum Gasteiger partial charge on any atom is 0.338 e. The molecule has 0 aromatic heterocycles. The molecule has 0 bridgehead atoms. The Balaban J connectivity index is 2.28. The number of carbonyl (C=O) groups excluding carboxylic acids is 1. The zero-order chi connectivity index (χ0) is 15.4. The molecule has 0 saturated carbocycles. The summed E-state index contributed by atoms with van der Waals surface area (Å²) in [7, 11) is 0. The van der Waals surface area contributed by atoms with E-state index in [9.17, 15) is 4.79 Å². The monoisotopic (exact) mass is 368 g/mol. The molecule has 0 saturated heterocycles. The number of nitrogen functional groups attached to an aromatic ring is 1. The number of benzene rings is 2. The van der Waals surface area contributed by atoms with Gasteiger partial charge in [0.2, 0.25) is 0 Å². The molecule has 0 aliphatic rings. The van der Waals surface area contributed by atoms with E-state index in [1.807, 2.05) is 12.1 Å². The fraction of sp³-hybridized carbons (Fsp3) is 0.133. The molecule has 0 radical (unpaired) electrons. The van der Waals surface area contributed by atoms with Gasteiger partial charge in [-0.25, -0.2) is 4.79 Å². The van der Waals surface area contributed by atoms with Crippen molar-refractivity contribution < 1.29 is 9.53 Å². The lowest BCUT2D eigenvalue weighted by Crippen LogP contribution is -2.06. The lowest BCUT2D eigenvalue weighted by atomic mass is 10.1. The Labute approximate surface area is 136 Å². The summed E-state index contributed by atoms with van der Waals surface area (Å²) in [6.07, 6.45) is 0. The van der Waals surface area contributed by atoms with E-state index in [0.29, 0.717) is 28.6 Å². The Morgan fingerprint density at radius 1 is 1.33 bits per heavy atom. The first-order chi connectivity index (χ1) is 10.0. The van der Waals surface area contributed by atoms with Gasteiger partial charge in [-0.3, -0.25) is 0 Å². The fourth-order valence-corrected chi connectivity index (χ4v) is 2.23. The van der Waals surface area contributed by atoms with E-state index >= 15 is 0 Å². The summed E-state index contributed by atoms with van der Waals surface area (Å²) < 4.78 is 5.75. The van der Waals surface area contributed by atoms with Crippen LogP contribution in [-0.4, -0.2) is 12.6 Å². The number of anilines is 3. The van der Waals surface area contributed by atoms with Crippen LogP contribution in [0.5, 0.6) is 0 Å². The van der Waals surface area contributed by atoms with Gasteiger partial charge < -0.3 is 15.8 Å². The number of carbonyl (C=O) groups is 1. The molecule has 110 valence electrons. The van der Waals surface area contributed by atoms with Crippen molar-refractivity contribution in [3.05, 3.63) is 51.5 Å². The van der Waals surface area contributed by atoms with Crippen molar-refractivity contribution in [2.45, 2.75) is 6.92 Å². The third kappa shape index (κ3) is 3.89. The summed E-state index contributed by atoms with van der Waals surface area (Å²) in [6, 6.07) is 10.4. The van der Waals surface area contributed by atoms with Crippen molar-refractivity contribution in [1.29, 1.82) is 0 Å². The average Bonchev–Trinajstić information content (AvgIpc) is 2.45. The zero-order valence-electron chi connectivity index (χ0n) is 11.3. The number of halogens is 2. The minimum Gasteiger partial charge on any atom is -0.462 e. The molecule has 0 fully saturated rings. The van der Waals surface area contributed by atoms with E-state index in [1.54, 1.807) is 31.2 Å². The minimum atomic E-state index is -0.377. The number of nitrogens with two attached hydrogens (primary N) is 1. The minimum absolute atomic E-state index is 0.329. The summed E-state index contributed by atoms with van der Waals surface area (Å²) in [5.74, 6) is -0.377. The Morgan fingerprint density at radius 2 is 2.10 bits per heavy atom. The van der Waals surface area contributed by atoms with Crippen LogP contribution in [0.2, 0.25) is 5.02 Å². The van der Waals surface area contributed by atoms with Crippen LogP contribution in [-0.2, 0) is 4.74 Å². The second kappa shape index (κ2) is 6.83. The predicted molar refractivity (Wildman–Crippen MR) is 89.2 cm³/mol.